The number of likely N-dealkylation sites (tertiary alicyclic amines) is 1. The molecule has 21 heavy (non-hydrogen) atoms. The van der Waals surface area contributed by atoms with Gasteiger partial charge in [-0.2, -0.15) is 5.26 Å². The van der Waals surface area contributed by atoms with Crippen molar-refractivity contribution >= 4 is 11.8 Å². The number of fused-ring (bicyclic) bond motifs is 1. The van der Waals surface area contributed by atoms with Crippen LogP contribution < -0.4 is 0 Å². The van der Waals surface area contributed by atoms with Crippen LogP contribution in [-0.4, -0.2) is 35.5 Å². The summed E-state index contributed by atoms with van der Waals surface area (Å²) < 4.78 is -0.124. The van der Waals surface area contributed by atoms with Gasteiger partial charge >= 0.3 is 0 Å². The smallest absolute Gasteiger partial charge is 0.104 e. The first-order valence-corrected chi connectivity index (χ1v) is 9.25. The predicted octanol–water partition coefficient (Wildman–Crippen LogP) is 3.83. The fourth-order valence-electron chi connectivity index (χ4n) is 3.81. The largest absolute Gasteiger partial charge is 0.303 e. The van der Waals surface area contributed by atoms with Gasteiger partial charge in [0.15, 0.2) is 0 Å². The zero-order valence-corrected chi connectivity index (χ0v) is 13.7. The monoisotopic (exact) mass is 300 g/mol. The number of thioether (sulfide) groups is 1. The van der Waals surface area contributed by atoms with Gasteiger partial charge in [-0.3, -0.25) is 0 Å². The molecule has 0 N–H and O–H groups in total. The summed E-state index contributed by atoms with van der Waals surface area (Å²) in [6.07, 6.45) is 7.99. The number of aryl methyl sites for hydroxylation is 1. The van der Waals surface area contributed by atoms with Crippen molar-refractivity contribution in [2.45, 2.75) is 42.8 Å². The van der Waals surface area contributed by atoms with Crippen LogP contribution in [0.4, 0.5) is 0 Å². The van der Waals surface area contributed by atoms with E-state index in [0.717, 1.165) is 25.9 Å². The standard InChI is InChI=1S/C18H24N2S/c1-21-18(14-19)9-11-20(12-10-18)13-16-7-4-6-15-5-2-3-8-17(15)16/h2-3,5,8,16H,4,6-7,9-13H2,1H3. The maximum Gasteiger partial charge on any atom is 0.104 e. The van der Waals surface area contributed by atoms with Crippen molar-refractivity contribution < 1.29 is 0 Å². The van der Waals surface area contributed by atoms with Crippen molar-refractivity contribution in [3.63, 3.8) is 0 Å². The predicted molar refractivity (Wildman–Crippen MR) is 89.7 cm³/mol. The molecule has 1 unspecified atom stereocenters. The highest BCUT2D eigenvalue weighted by atomic mass is 32.2. The van der Waals surface area contributed by atoms with Crippen molar-refractivity contribution in [1.29, 1.82) is 5.26 Å². The number of benzene rings is 1. The quantitative estimate of drug-likeness (QED) is 0.849. The van der Waals surface area contributed by atoms with Crippen LogP contribution in [0.3, 0.4) is 0 Å². The third-order valence-electron chi connectivity index (χ3n) is 5.23. The maximum absolute atomic E-state index is 9.39. The molecule has 0 amide bonds. The summed E-state index contributed by atoms with van der Waals surface area (Å²) in [4.78, 5) is 2.58. The molecule has 1 atom stereocenters. The summed E-state index contributed by atoms with van der Waals surface area (Å²) in [6.45, 7) is 3.33. The van der Waals surface area contributed by atoms with Crippen molar-refractivity contribution in [2.75, 3.05) is 25.9 Å². The Morgan fingerprint density at radius 3 is 2.81 bits per heavy atom. The van der Waals surface area contributed by atoms with E-state index in [2.05, 4.69) is 41.5 Å². The van der Waals surface area contributed by atoms with Gasteiger partial charge in [-0.25, -0.2) is 0 Å². The van der Waals surface area contributed by atoms with Crippen molar-refractivity contribution in [1.82, 2.24) is 4.90 Å². The zero-order valence-electron chi connectivity index (χ0n) is 12.8. The highest BCUT2D eigenvalue weighted by Crippen LogP contribution is 2.36. The molecule has 0 spiro atoms. The Balaban J connectivity index is 1.63. The van der Waals surface area contributed by atoms with Crippen LogP contribution in [0.2, 0.25) is 0 Å². The number of nitriles is 1. The van der Waals surface area contributed by atoms with E-state index in [-0.39, 0.29) is 4.75 Å². The molecule has 1 fully saturated rings. The molecule has 3 rings (SSSR count). The average Bonchev–Trinajstić information content (AvgIpc) is 2.56. The molecule has 1 saturated heterocycles. The molecule has 0 bridgehead atoms. The van der Waals surface area contributed by atoms with E-state index < -0.39 is 0 Å². The van der Waals surface area contributed by atoms with Crippen LogP contribution in [0.5, 0.6) is 0 Å². The maximum atomic E-state index is 9.39. The third kappa shape index (κ3) is 3.12. The van der Waals surface area contributed by atoms with E-state index in [1.54, 1.807) is 22.9 Å². The first-order chi connectivity index (χ1) is 10.3. The second-order valence-corrected chi connectivity index (χ2v) is 7.59. The molecule has 1 aromatic rings. The molecule has 0 radical (unpaired) electrons. The number of piperidine rings is 1. The van der Waals surface area contributed by atoms with Crippen LogP contribution in [0.15, 0.2) is 24.3 Å². The first kappa shape index (κ1) is 14.9. The molecule has 1 aromatic carbocycles. The molecule has 1 heterocycles. The Labute approximate surface area is 132 Å². The second kappa shape index (κ2) is 6.42. The molecule has 1 aliphatic carbocycles. The van der Waals surface area contributed by atoms with Gasteiger partial charge in [0.05, 0.1) is 6.07 Å². The summed E-state index contributed by atoms with van der Waals surface area (Å²) in [7, 11) is 0. The fraction of sp³-hybridized carbons (Fsp3) is 0.611. The lowest BCUT2D eigenvalue weighted by Gasteiger charge is -2.38. The Hall–Kier alpha value is -0.980. The Morgan fingerprint density at radius 2 is 2.10 bits per heavy atom. The van der Waals surface area contributed by atoms with Gasteiger partial charge < -0.3 is 4.90 Å². The SMILES string of the molecule is CSC1(C#N)CCN(CC2CCCc3ccccc32)CC1. The topological polar surface area (TPSA) is 27.0 Å². The van der Waals surface area contributed by atoms with Crippen LogP contribution in [0.25, 0.3) is 0 Å². The number of nitrogens with zero attached hydrogens (tertiary/aromatic N) is 2. The summed E-state index contributed by atoms with van der Waals surface area (Å²) in [5.74, 6) is 0.693. The lowest BCUT2D eigenvalue weighted by atomic mass is 9.82. The normalized spacial score (nSPS) is 25.0. The van der Waals surface area contributed by atoms with E-state index in [1.807, 2.05) is 0 Å². The molecular weight excluding hydrogens is 276 g/mol. The van der Waals surface area contributed by atoms with Crippen molar-refractivity contribution in [3.8, 4) is 6.07 Å². The summed E-state index contributed by atoms with van der Waals surface area (Å²) in [6, 6.07) is 11.5. The van der Waals surface area contributed by atoms with Crippen LogP contribution in [0, 0.1) is 11.3 Å². The summed E-state index contributed by atoms with van der Waals surface area (Å²) in [5.41, 5.74) is 3.13. The Kier molecular flexibility index (Phi) is 4.57. The molecule has 0 aromatic heterocycles. The number of hydrogen-bond acceptors (Lipinski definition) is 3. The number of rotatable bonds is 3. The lowest BCUT2D eigenvalue weighted by Crippen LogP contribution is -2.43. The van der Waals surface area contributed by atoms with Crippen molar-refractivity contribution in [3.05, 3.63) is 35.4 Å². The molecular formula is C18H24N2S. The van der Waals surface area contributed by atoms with Gasteiger partial charge in [0, 0.05) is 19.6 Å². The average molecular weight is 300 g/mol. The summed E-state index contributed by atoms with van der Waals surface area (Å²) >= 11 is 1.74. The van der Waals surface area contributed by atoms with Gasteiger partial charge in [0.25, 0.3) is 0 Å². The minimum atomic E-state index is -0.124. The second-order valence-electron chi connectivity index (χ2n) is 6.40. The minimum absolute atomic E-state index is 0.124. The van der Waals surface area contributed by atoms with E-state index in [9.17, 15) is 5.26 Å². The highest BCUT2D eigenvalue weighted by Gasteiger charge is 2.34. The van der Waals surface area contributed by atoms with Gasteiger partial charge in [0.1, 0.15) is 4.75 Å². The minimum Gasteiger partial charge on any atom is -0.303 e. The van der Waals surface area contributed by atoms with Gasteiger partial charge in [-0.05, 0) is 55.4 Å². The lowest BCUT2D eigenvalue weighted by molar-refractivity contribution is 0.199. The van der Waals surface area contributed by atoms with Crippen molar-refractivity contribution in [2.24, 2.45) is 0 Å². The molecule has 2 aliphatic rings. The Bertz CT molecular complexity index is 526. The third-order valence-corrected chi connectivity index (χ3v) is 6.51. The van der Waals surface area contributed by atoms with Gasteiger partial charge in [0.2, 0.25) is 0 Å². The van der Waals surface area contributed by atoms with E-state index in [4.69, 9.17) is 0 Å². The summed E-state index contributed by atoms with van der Waals surface area (Å²) in [5, 5.41) is 9.39. The fourth-order valence-corrected chi connectivity index (χ4v) is 4.50. The van der Waals surface area contributed by atoms with Gasteiger partial charge in [-0.1, -0.05) is 24.3 Å². The van der Waals surface area contributed by atoms with E-state index in [1.165, 1.54) is 25.8 Å². The van der Waals surface area contributed by atoms with Crippen LogP contribution in [-0.2, 0) is 6.42 Å². The van der Waals surface area contributed by atoms with E-state index in [0.29, 0.717) is 5.92 Å². The highest BCUT2D eigenvalue weighted by molar-refractivity contribution is 8.00. The molecule has 112 valence electrons. The molecule has 0 saturated carbocycles. The number of hydrogen-bond donors (Lipinski definition) is 0. The zero-order chi connectivity index (χ0) is 14.7. The van der Waals surface area contributed by atoms with Crippen LogP contribution in [0.1, 0.15) is 42.7 Å². The first-order valence-electron chi connectivity index (χ1n) is 8.03. The molecule has 1 aliphatic heterocycles. The van der Waals surface area contributed by atoms with E-state index >= 15 is 0 Å². The van der Waals surface area contributed by atoms with Gasteiger partial charge in [-0.15, -0.1) is 11.8 Å². The van der Waals surface area contributed by atoms with Crippen LogP contribution >= 0.6 is 11.8 Å². The molecule has 3 heteroatoms. The Morgan fingerprint density at radius 1 is 1.33 bits per heavy atom. The molecule has 2 nitrogen and oxygen atoms in total.